The van der Waals surface area contributed by atoms with Gasteiger partial charge in [-0.3, -0.25) is 9.78 Å². The quantitative estimate of drug-likeness (QED) is 0.0913. The molecule has 1 radical (unpaired) electrons. The number of ketones is 1. The Labute approximate surface area is 315 Å². The van der Waals surface area contributed by atoms with Gasteiger partial charge in [0.25, 0.3) is 0 Å². The molecule has 3 aromatic carbocycles. The maximum absolute atomic E-state index is 11.7. The fourth-order valence-electron chi connectivity index (χ4n) is 6.52. The molecule has 0 atom stereocenters. The summed E-state index contributed by atoms with van der Waals surface area (Å²) in [5.74, 6) is 0.547. The standard InChI is InChI=1S/C31H32NS.C13H24O2.Ir/c1-19-21(18-30(2,3)4)12-13-24-25-14-15-32-27(29(25)33-28(19)24)22-16-20-10-8-9-11-23(20)26(17-22)31(5,6)7;1-5-10(6-2)12(14)9-13(15)11(7-3)8-4;/h8-15,17H,18H2,1-7H3;9-11,14H,5-8H2,1-4H3;/q-1;;/b;12-9-;/i14D,15D;;. The second-order valence-electron chi connectivity index (χ2n) is 15.4. The molecule has 0 unspecified atom stereocenters. The van der Waals surface area contributed by atoms with Crippen molar-refractivity contribution in [3.8, 4) is 11.3 Å². The van der Waals surface area contributed by atoms with Gasteiger partial charge in [0.2, 0.25) is 0 Å². The van der Waals surface area contributed by atoms with Crippen molar-refractivity contribution < 1.29 is 32.7 Å². The number of benzene rings is 3. The van der Waals surface area contributed by atoms with Crippen LogP contribution in [0.25, 0.3) is 42.2 Å². The van der Waals surface area contributed by atoms with Gasteiger partial charge < -0.3 is 5.11 Å². The predicted molar refractivity (Wildman–Crippen MR) is 209 cm³/mol. The van der Waals surface area contributed by atoms with Gasteiger partial charge in [0.05, 0.1) is 8.50 Å². The van der Waals surface area contributed by atoms with Gasteiger partial charge in [-0.2, -0.15) is 0 Å². The SMILES string of the molecule is CCC(CC)C(=O)/C=C(\O)C(CC)CC.[2H]c1nc(-c2[c-]c3ccccc3c(C(C)(C)C)c2)c2sc3c(C)c(CC(C)(C)C)ccc3c2c1[2H].[Ir]. The number of rotatable bonds is 9. The molecule has 0 aliphatic carbocycles. The number of aliphatic hydroxyl groups excluding tert-OH is 1. The van der Waals surface area contributed by atoms with Crippen LogP contribution in [-0.2, 0) is 36.7 Å². The van der Waals surface area contributed by atoms with E-state index >= 15 is 0 Å². The number of carbonyl (C=O) groups is 1. The molecule has 0 aliphatic rings. The van der Waals surface area contributed by atoms with Crippen LogP contribution in [-0.4, -0.2) is 15.9 Å². The summed E-state index contributed by atoms with van der Waals surface area (Å²) < 4.78 is 19.5. The third kappa shape index (κ3) is 9.48. The molecule has 0 spiro atoms. The first kappa shape index (κ1) is 37.4. The van der Waals surface area contributed by atoms with E-state index in [-0.39, 0.29) is 66.5 Å². The third-order valence-electron chi connectivity index (χ3n) is 9.42. The number of aromatic nitrogens is 1. The van der Waals surface area contributed by atoms with Gasteiger partial charge in [-0.05, 0) is 72.4 Å². The van der Waals surface area contributed by atoms with E-state index in [1.165, 1.54) is 32.9 Å². The second kappa shape index (κ2) is 16.9. The van der Waals surface area contributed by atoms with E-state index in [1.54, 1.807) is 11.3 Å². The number of nitrogens with zero attached hydrogens (tertiary/aromatic N) is 1. The molecule has 2 aromatic heterocycles. The normalized spacial score (nSPS) is 13.0. The molecular weight excluding hydrogens is 799 g/mol. The van der Waals surface area contributed by atoms with Crippen molar-refractivity contribution in [3.05, 3.63) is 89.3 Å². The van der Waals surface area contributed by atoms with Gasteiger partial charge in [-0.25, -0.2) is 0 Å². The van der Waals surface area contributed by atoms with Crippen LogP contribution in [0.5, 0.6) is 0 Å². The van der Waals surface area contributed by atoms with E-state index in [2.05, 4.69) is 95.9 Å². The molecule has 2 heterocycles. The fraction of sp³-hybridized carbons (Fsp3) is 0.455. The number of hydrogen-bond donors (Lipinski definition) is 1. The third-order valence-corrected chi connectivity index (χ3v) is 10.8. The molecule has 0 amide bonds. The summed E-state index contributed by atoms with van der Waals surface area (Å²) in [6.45, 7) is 23.7. The molecule has 3 nitrogen and oxygen atoms in total. The number of pyridine rings is 1. The summed E-state index contributed by atoms with van der Waals surface area (Å²) in [5, 5.41) is 13.9. The van der Waals surface area contributed by atoms with Crippen LogP contribution in [0.15, 0.2) is 66.5 Å². The van der Waals surface area contributed by atoms with E-state index in [9.17, 15) is 9.90 Å². The van der Waals surface area contributed by atoms with Crippen molar-refractivity contribution in [2.45, 2.75) is 114 Å². The Morgan fingerprint density at radius 2 is 1.55 bits per heavy atom. The minimum Gasteiger partial charge on any atom is -0.512 e. The van der Waals surface area contributed by atoms with Gasteiger partial charge >= 0.3 is 0 Å². The average Bonchev–Trinajstić information content (AvgIpc) is 3.44. The van der Waals surface area contributed by atoms with Crippen LogP contribution in [0, 0.1) is 30.2 Å². The summed E-state index contributed by atoms with van der Waals surface area (Å²) in [4.78, 5) is 16.4. The average molecular weight is 857 g/mol. The number of thiophene rings is 1. The Balaban J connectivity index is 0.000000374. The number of aryl methyl sites for hydroxylation is 1. The molecule has 5 aromatic rings. The summed E-state index contributed by atoms with van der Waals surface area (Å²) in [6.07, 6.45) is 5.92. The zero-order valence-corrected chi connectivity index (χ0v) is 34.6. The monoisotopic (exact) mass is 857 g/mol. The topological polar surface area (TPSA) is 50.2 Å². The number of allylic oxidation sites excluding steroid dienone is 2. The van der Waals surface area contributed by atoms with E-state index in [1.807, 2.05) is 33.8 Å². The molecule has 49 heavy (non-hydrogen) atoms. The number of aliphatic hydroxyl groups is 1. The van der Waals surface area contributed by atoms with Crippen molar-refractivity contribution in [3.63, 3.8) is 0 Å². The Kier molecular flexibility index (Phi) is 12.9. The van der Waals surface area contributed by atoms with Crippen LogP contribution in [0.3, 0.4) is 0 Å². The molecule has 0 aliphatic heterocycles. The van der Waals surface area contributed by atoms with Crippen LogP contribution in [0.4, 0.5) is 0 Å². The van der Waals surface area contributed by atoms with Crippen LogP contribution < -0.4 is 0 Å². The Morgan fingerprint density at radius 3 is 2.14 bits per heavy atom. The van der Waals surface area contributed by atoms with Crippen molar-refractivity contribution >= 4 is 48.1 Å². The van der Waals surface area contributed by atoms with Crippen molar-refractivity contribution in [2.24, 2.45) is 17.3 Å². The van der Waals surface area contributed by atoms with Gasteiger partial charge in [-0.1, -0.05) is 111 Å². The van der Waals surface area contributed by atoms with Crippen LogP contribution in [0.1, 0.15) is 114 Å². The summed E-state index contributed by atoms with van der Waals surface area (Å²) in [7, 11) is 0. The Hall–Kier alpha value is -2.85. The molecule has 265 valence electrons. The predicted octanol–water partition coefficient (Wildman–Crippen LogP) is 13.1. The largest absolute Gasteiger partial charge is 0.512 e. The fourth-order valence-corrected chi connectivity index (χ4v) is 7.80. The number of carbonyl (C=O) groups excluding carboxylic acids is 1. The second-order valence-corrected chi connectivity index (χ2v) is 16.4. The molecule has 1 N–H and O–H groups in total. The van der Waals surface area contributed by atoms with Gasteiger partial charge in [0.1, 0.15) is 0 Å². The maximum Gasteiger partial charge on any atom is 0.162 e. The number of fused-ring (bicyclic) bond motifs is 4. The Morgan fingerprint density at radius 1 is 0.918 bits per heavy atom. The van der Waals surface area contributed by atoms with E-state index in [4.69, 9.17) is 2.74 Å². The van der Waals surface area contributed by atoms with Crippen LogP contribution >= 0.6 is 11.3 Å². The minimum absolute atomic E-state index is 0. The molecule has 0 saturated carbocycles. The minimum atomic E-state index is -0.0552. The first-order chi connectivity index (χ1) is 23.4. The summed E-state index contributed by atoms with van der Waals surface area (Å²) in [6, 6.07) is 18.7. The first-order valence-electron chi connectivity index (χ1n) is 18.7. The van der Waals surface area contributed by atoms with Gasteiger partial charge in [0.15, 0.2) is 5.78 Å². The Bertz CT molecular complexity index is 2030. The molecule has 0 fully saturated rings. The molecule has 5 heteroatoms. The van der Waals surface area contributed by atoms with E-state index in [0.29, 0.717) is 0 Å². The van der Waals surface area contributed by atoms with Crippen LogP contribution in [0.2, 0.25) is 0 Å². The van der Waals surface area contributed by atoms with Crippen molar-refractivity contribution in [2.75, 3.05) is 0 Å². The summed E-state index contributed by atoms with van der Waals surface area (Å²) >= 11 is 1.71. The molecule has 0 bridgehead atoms. The molecule has 0 saturated heterocycles. The molecule has 5 rings (SSSR count). The van der Waals surface area contributed by atoms with E-state index < -0.39 is 0 Å². The summed E-state index contributed by atoms with van der Waals surface area (Å²) in [5.41, 5.74) is 5.65. The van der Waals surface area contributed by atoms with E-state index in [0.717, 1.165) is 64.2 Å². The van der Waals surface area contributed by atoms with Gasteiger partial charge in [0, 0.05) is 64.7 Å². The van der Waals surface area contributed by atoms with Gasteiger partial charge in [-0.15, -0.1) is 40.5 Å². The zero-order chi connectivity index (χ0) is 37.1. The number of hydrogen-bond acceptors (Lipinski definition) is 4. The van der Waals surface area contributed by atoms with Crippen molar-refractivity contribution in [1.82, 2.24) is 4.98 Å². The maximum atomic E-state index is 11.7. The van der Waals surface area contributed by atoms with Crippen molar-refractivity contribution in [1.29, 1.82) is 0 Å². The smallest absolute Gasteiger partial charge is 0.162 e. The molecular formula is C44H56IrNO2S-. The first-order valence-corrected chi connectivity index (χ1v) is 18.5. The zero-order valence-electron chi connectivity index (χ0n) is 33.4.